The molecule has 2 saturated carbocycles. The van der Waals surface area contributed by atoms with Crippen LogP contribution >= 0.6 is 0 Å². The predicted molar refractivity (Wildman–Crippen MR) is 183 cm³/mol. The standard InChI is InChI=1S/C37H58N6O4/c1-27-35(47-26-40-27)24-46-33-16-15-29-22-42(18-17-28(29)19-33)23-32(44)21-38-37(45)34-20-36(41-30-11-7-6-8-12-30)43(25-39-34)31-13-9-4-2-3-5-10-14-31/h15-16,19,26,30-32,34,36,39,41,44H,2-14,17-18,20-25H2,1H3,(H,38,45)/t32-,34?,36?/m0/s1. The summed E-state index contributed by atoms with van der Waals surface area (Å²) in [5, 5.41) is 21.6. The molecule has 260 valence electrons. The molecule has 0 spiro atoms. The number of fused-ring (bicyclic) bond motifs is 1. The number of aryl methyl sites for hydroxylation is 1. The van der Waals surface area contributed by atoms with Gasteiger partial charge in [0.2, 0.25) is 5.91 Å². The molecule has 10 nitrogen and oxygen atoms in total. The van der Waals surface area contributed by atoms with Crippen molar-refractivity contribution in [3.05, 3.63) is 47.2 Å². The average Bonchev–Trinajstić information content (AvgIpc) is 3.56. The Morgan fingerprint density at radius 1 is 1.06 bits per heavy atom. The molecule has 3 atom stereocenters. The van der Waals surface area contributed by atoms with Crippen LogP contribution in [0.5, 0.6) is 5.75 Å². The monoisotopic (exact) mass is 650 g/mol. The van der Waals surface area contributed by atoms with E-state index in [4.69, 9.17) is 9.15 Å². The van der Waals surface area contributed by atoms with Crippen LogP contribution in [0, 0.1) is 6.92 Å². The van der Waals surface area contributed by atoms with Crippen molar-refractivity contribution in [3.63, 3.8) is 0 Å². The molecule has 1 amide bonds. The number of aliphatic hydroxyl groups excluding tert-OH is 1. The second-order valence-corrected chi connectivity index (χ2v) is 14.5. The first kappa shape index (κ1) is 34.4. The third-order valence-electron chi connectivity index (χ3n) is 11.0. The number of nitrogens with one attached hydrogen (secondary N) is 3. The Bertz CT molecular complexity index is 1260. The first-order valence-electron chi connectivity index (χ1n) is 18.6. The molecule has 47 heavy (non-hydrogen) atoms. The number of benzene rings is 1. The van der Waals surface area contributed by atoms with E-state index in [0.717, 1.165) is 49.8 Å². The highest BCUT2D eigenvalue weighted by molar-refractivity contribution is 5.81. The summed E-state index contributed by atoms with van der Waals surface area (Å²) in [4.78, 5) is 22.5. The van der Waals surface area contributed by atoms with Crippen molar-refractivity contribution < 1.29 is 19.1 Å². The lowest BCUT2D eigenvalue weighted by Gasteiger charge is -2.46. The van der Waals surface area contributed by atoms with Crippen molar-refractivity contribution in [1.82, 2.24) is 30.7 Å². The van der Waals surface area contributed by atoms with E-state index >= 15 is 0 Å². The lowest BCUT2D eigenvalue weighted by atomic mass is 9.93. The molecule has 2 unspecified atom stereocenters. The van der Waals surface area contributed by atoms with E-state index in [1.807, 2.05) is 13.0 Å². The number of carbonyl (C=O) groups is 1. The second-order valence-electron chi connectivity index (χ2n) is 14.5. The molecule has 6 rings (SSSR count). The maximum atomic E-state index is 13.4. The van der Waals surface area contributed by atoms with Crippen LogP contribution in [0.1, 0.15) is 112 Å². The number of ether oxygens (including phenoxy) is 1. The van der Waals surface area contributed by atoms with Crippen molar-refractivity contribution in [2.75, 3.05) is 26.3 Å². The maximum absolute atomic E-state index is 13.4. The van der Waals surface area contributed by atoms with Gasteiger partial charge in [0, 0.05) is 44.7 Å². The fourth-order valence-corrected chi connectivity index (χ4v) is 8.15. The third-order valence-corrected chi connectivity index (χ3v) is 11.0. The number of amides is 1. The molecule has 1 aromatic heterocycles. The van der Waals surface area contributed by atoms with E-state index in [1.54, 1.807) is 0 Å². The maximum Gasteiger partial charge on any atom is 0.237 e. The van der Waals surface area contributed by atoms with E-state index in [-0.39, 0.29) is 24.7 Å². The van der Waals surface area contributed by atoms with Gasteiger partial charge >= 0.3 is 0 Å². The van der Waals surface area contributed by atoms with Crippen LogP contribution in [0.2, 0.25) is 0 Å². The molecule has 0 radical (unpaired) electrons. The normalized spacial score (nSPS) is 24.9. The summed E-state index contributed by atoms with van der Waals surface area (Å²) in [6.45, 7) is 5.45. The molecule has 1 aromatic carbocycles. The largest absolute Gasteiger partial charge is 0.486 e. The van der Waals surface area contributed by atoms with E-state index in [9.17, 15) is 9.90 Å². The minimum Gasteiger partial charge on any atom is -0.486 e. The Morgan fingerprint density at radius 2 is 1.81 bits per heavy atom. The summed E-state index contributed by atoms with van der Waals surface area (Å²) in [7, 11) is 0. The molecule has 4 aliphatic rings. The number of nitrogens with zero attached hydrogens (tertiary/aromatic N) is 3. The van der Waals surface area contributed by atoms with Crippen molar-refractivity contribution in [2.45, 2.75) is 147 Å². The Balaban J connectivity index is 0.970. The van der Waals surface area contributed by atoms with Crippen molar-refractivity contribution in [2.24, 2.45) is 0 Å². The summed E-state index contributed by atoms with van der Waals surface area (Å²) in [6, 6.07) is 7.10. The molecule has 2 aliphatic carbocycles. The van der Waals surface area contributed by atoms with Gasteiger partial charge in [0.25, 0.3) is 0 Å². The number of aromatic nitrogens is 1. The smallest absolute Gasteiger partial charge is 0.237 e. The number of rotatable bonds is 11. The van der Waals surface area contributed by atoms with Crippen molar-refractivity contribution in [1.29, 1.82) is 0 Å². The molecule has 2 aliphatic heterocycles. The van der Waals surface area contributed by atoms with Gasteiger partial charge in [-0.05, 0) is 62.3 Å². The zero-order chi connectivity index (χ0) is 32.4. The summed E-state index contributed by atoms with van der Waals surface area (Å²) in [5.74, 6) is 1.57. The van der Waals surface area contributed by atoms with E-state index in [1.165, 1.54) is 101 Å². The first-order chi connectivity index (χ1) is 23.0. The topological polar surface area (TPSA) is 115 Å². The van der Waals surface area contributed by atoms with Crippen LogP contribution in [0.4, 0.5) is 0 Å². The molecule has 1 saturated heterocycles. The lowest BCUT2D eigenvalue weighted by molar-refractivity contribution is -0.126. The molecule has 2 aromatic rings. The highest BCUT2D eigenvalue weighted by Crippen LogP contribution is 2.28. The Morgan fingerprint density at radius 3 is 2.57 bits per heavy atom. The fourth-order valence-electron chi connectivity index (χ4n) is 8.15. The molecular formula is C37H58N6O4. The molecule has 4 N–H and O–H groups in total. The Kier molecular flexibility index (Phi) is 12.6. The molecule has 10 heteroatoms. The predicted octanol–water partition coefficient (Wildman–Crippen LogP) is 4.77. The van der Waals surface area contributed by atoms with Crippen LogP contribution in [0.25, 0.3) is 0 Å². The average molecular weight is 651 g/mol. The van der Waals surface area contributed by atoms with Gasteiger partial charge in [-0.2, -0.15) is 0 Å². The lowest BCUT2D eigenvalue weighted by Crippen LogP contribution is -2.65. The summed E-state index contributed by atoms with van der Waals surface area (Å²) < 4.78 is 11.3. The first-order valence-corrected chi connectivity index (χ1v) is 18.6. The zero-order valence-electron chi connectivity index (χ0n) is 28.6. The van der Waals surface area contributed by atoms with E-state index in [2.05, 4.69) is 42.9 Å². The minimum absolute atomic E-state index is 0.00523. The minimum atomic E-state index is -0.622. The van der Waals surface area contributed by atoms with Crippen molar-refractivity contribution in [3.8, 4) is 5.75 Å². The van der Waals surface area contributed by atoms with Gasteiger partial charge in [-0.25, -0.2) is 4.98 Å². The van der Waals surface area contributed by atoms with Crippen molar-refractivity contribution >= 4 is 5.91 Å². The van der Waals surface area contributed by atoms with Gasteiger partial charge in [-0.15, -0.1) is 0 Å². The van der Waals surface area contributed by atoms with E-state index in [0.29, 0.717) is 25.2 Å². The number of hydrogen-bond acceptors (Lipinski definition) is 9. The molecule has 3 heterocycles. The van der Waals surface area contributed by atoms with Gasteiger partial charge < -0.3 is 19.6 Å². The third kappa shape index (κ3) is 9.79. The summed E-state index contributed by atoms with van der Waals surface area (Å²) >= 11 is 0. The van der Waals surface area contributed by atoms with Gasteiger partial charge in [0.1, 0.15) is 12.4 Å². The Labute approximate surface area is 281 Å². The highest BCUT2D eigenvalue weighted by Gasteiger charge is 2.36. The molecule has 3 fully saturated rings. The van der Waals surface area contributed by atoms with Gasteiger partial charge in [-0.1, -0.05) is 63.9 Å². The molecular weight excluding hydrogens is 592 g/mol. The quantitative estimate of drug-likeness (QED) is 0.273. The summed E-state index contributed by atoms with van der Waals surface area (Å²) in [5.41, 5.74) is 3.38. The van der Waals surface area contributed by atoms with Crippen LogP contribution in [-0.4, -0.2) is 82.5 Å². The van der Waals surface area contributed by atoms with Gasteiger partial charge in [0.05, 0.1) is 30.7 Å². The fraction of sp³-hybridized carbons (Fsp3) is 0.730. The number of oxazole rings is 1. The SMILES string of the molecule is Cc1ncoc1COc1ccc2c(c1)CCN(C[C@@H](O)CNC(=O)C1CC(NC3CCCCC3)N(C3CCCCCCCC3)CN1)C2. The van der Waals surface area contributed by atoms with E-state index < -0.39 is 6.10 Å². The molecule has 0 bridgehead atoms. The van der Waals surface area contributed by atoms with Crippen LogP contribution < -0.4 is 20.7 Å². The second kappa shape index (κ2) is 17.2. The number of carbonyl (C=O) groups excluding carboxylic acids is 1. The Hall–Kier alpha value is -2.50. The van der Waals surface area contributed by atoms with Crippen LogP contribution in [0.15, 0.2) is 29.0 Å². The number of hydrogen-bond donors (Lipinski definition) is 4. The number of β-amino-alcohol motifs (C(OH)–C–C–N with tert-alkyl or cyclic N) is 1. The highest BCUT2D eigenvalue weighted by atomic mass is 16.5. The van der Waals surface area contributed by atoms with Crippen LogP contribution in [-0.2, 0) is 24.4 Å². The van der Waals surface area contributed by atoms with Crippen LogP contribution in [0.3, 0.4) is 0 Å². The number of aliphatic hydroxyl groups is 1. The van der Waals surface area contributed by atoms with Gasteiger partial charge in [0.15, 0.2) is 12.2 Å². The zero-order valence-corrected chi connectivity index (χ0v) is 28.6. The van der Waals surface area contributed by atoms with Gasteiger partial charge in [-0.3, -0.25) is 25.2 Å². The summed E-state index contributed by atoms with van der Waals surface area (Å²) in [6.07, 6.45) is 19.7.